The molecule has 0 radical (unpaired) electrons. The lowest BCUT2D eigenvalue weighted by molar-refractivity contribution is -0.159. The maximum atomic E-state index is 13.1. The molecule has 1 N–H and O–H groups in total. The van der Waals surface area contributed by atoms with Gasteiger partial charge < -0.3 is 19.9 Å². The maximum Gasteiger partial charge on any atom is 0.313 e. The van der Waals surface area contributed by atoms with Crippen LogP contribution in [-0.4, -0.2) is 66.4 Å². The third-order valence-corrected chi connectivity index (χ3v) is 5.37. The van der Waals surface area contributed by atoms with Crippen LogP contribution < -0.4 is 5.32 Å². The van der Waals surface area contributed by atoms with E-state index in [1.165, 1.54) is 4.90 Å². The summed E-state index contributed by atoms with van der Waals surface area (Å²) < 4.78 is 5.35. The van der Waals surface area contributed by atoms with Gasteiger partial charge in [-0.15, -0.1) is 0 Å². The molecular formula is C21H29N3O4. The van der Waals surface area contributed by atoms with Gasteiger partial charge in [0.25, 0.3) is 0 Å². The van der Waals surface area contributed by atoms with Crippen LogP contribution in [0.15, 0.2) is 30.3 Å². The predicted molar refractivity (Wildman–Crippen MR) is 104 cm³/mol. The fraction of sp³-hybridized carbons (Fsp3) is 0.571. The summed E-state index contributed by atoms with van der Waals surface area (Å²) in [5.41, 5.74) is 0.718. The minimum atomic E-state index is -0.797. The number of hydrogen-bond donors (Lipinski definition) is 1. The third kappa shape index (κ3) is 4.70. The number of hydrogen-bond acceptors (Lipinski definition) is 4. The van der Waals surface area contributed by atoms with Crippen molar-refractivity contribution in [3.63, 3.8) is 0 Å². The number of rotatable bonds is 7. The number of nitrogens with one attached hydrogen (secondary N) is 1. The zero-order valence-electron chi connectivity index (χ0n) is 16.4. The van der Waals surface area contributed by atoms with Gasteiger partial charge in [0, 0.05) is 38.9 Å². The van der Waals surface area contributed by atoms with Crippen LogP contribution in [0, 0.1) is 0 Å². The first-order valence-corrected chi connectivity index (χ1v) is 10.1. The SMILES string of the molecule is CCCCN1CCN([C@H](C(=O)NC2CCOCC2)c2ccccc2)C(=O)C1=O. The Labute approximate surface area is 166 Å². The molecule has 2 aliphatic heterocycles. The third-order valence-electron chi connectivity index (χ3n) is 5.37. The van der Waals surface area contributed by atoms with Gasteiger partial charge in [0.05, 0.1) is 0 Å². The summed E-state index contributed by atoms with van der Waals surface area (Å²) in [4.78, 5) is 41.6. The molecule has 3 rings (SSSR count). The highest BCUT2D eigenvalue weighted by Crippen LogP contribution is 2.24. The van der Waals surface area contributed by atoms with Crippen LogP contribution >= 0.6 is 0 Å². The minimum absolute atomic E-state index is 0.0316. The second-order valence-electron chi connectivity index (χ2n) is 7.35. The number of ether oxygens (including phenoxy) is 1. The van der Waals surface area contributed by atoms with Gasteiger partial charge in [0.1, 0.15) is 6.04 Å². The van der Waals surface area contributed by atoms with Crippen LogP contribution in [0.3, 0.4) is 0 Å². The van der Waals surface area contributed by atoms with Gasteiger partial charge in [-0.2, -0.15) is 0 Å². The van der Waals surface area contributed by atoms with Crippen molar-refractivity contribution in [2.24, 2.45) is 0 Å². The highest BCUT2D eigenvalue weighted by atomic mass is 16.5. The number of nitrogens with zero attached hydrogens (tertiary/aromatic N) is 2. The van der Waals surface area contributed by atoms with Crippen LogP contribution in [0.1, 0.15) is 44.2 Å². The van der Waals surface area contributed by atoms with Crippen molar-refractivity contribution >= 4 is 17.7 Å². The van der Waals surface area contributed by atoms with Crippen LogP contribution in [0.2, 0.25) is 0 Å². The Balaban J connectivity index is 1.78. The predicted octanol–water partition coefficient (Wildman–Crippen LogP) is 1.49. The van der Waals surface area contributed by atoms with E-state index in [4.69, 9.17) is 4.74 Å². The molecule has 1 aromatic carbocycles. The largest absolute Gasteiger partial charge is 0.381 e. The molecule has 2 heterocycles. The van der Waals surface area contributed by atoms with Crippen molar-refractivity contribution in [2.75, 3.05) is 32.8 Å². The van der Waals surface area contributed by atoms with E-state index in [-0.39, 0.29) is 11.9 Å². The van der Waals surface area contributed by atoms with Gasteiger partial charge >= 0.3 is 11.8 Å². The topological polar surface area (TPSA) is 79.0 Å². The van der Waals surface area contributed by atoms with Crippen LogP contribution in [0.5, 0.6) is 0 Å². The zero-order valence-corrected chi connectivity index (χ0v) is 16.4. The molecule has 2 aliphatic rings. The second kappa shape index (κ2) is 9.68. The van der Waals surface area contributed by atoms with Gasteiger partial charge in [-0.1, -0.05) is 43.7 Å². The molecule has 0 spiro atoms. The van der Waals surface area contributed by atoms with Crippen molar-refractivity contribution in [2.45, 2.75) is 44.7 Å². The highest BCUT2D eigenvalue weighted by Gasteiger charge is 2.40. The number of amides is 3. The van der Waals surface area contributed by atoms with Gasteiger partial charge in [-0.25, -0.2) is 0 Å². The van der Waals surface area contributed by atoms with Crippen LogP contribution in [0.25, 0.3) is 0 Å². The number of carbonyl (C=O) groups excluding carboxylic acids is 3. The Morgan fingerprint density at radius 1 is 1.14 bits per heavy atom. The summed E-state index contributed by atoms with van der Waals surface area (Å²) in [7, 11) is 0. The summed E-state index contributed by atoms with van der Waals surface area (Å²) in [6, 6.07) is 8.44. The van der Waals surface area contributed by atoms with E-state index in [1.54, 1.807) is 4.90 Å². The lowest BCUT2D eigenvalue weighted by Gasteiger charge is -2.38. The molecule has 3 amide bonds. The van der Waals surface area contributed by atoms with Crippen molar-refractivity contribution in [1.82, 2.24) is 15.1 Å². The lowest BCUT2D eigenvalue weighted by Crippen LogP contribution is -2.58. The van der Waals surface area contributed by atoms with E-state index in [0.717, 1.165) is 31.2 Å². The van der Waals surface area contributed by atoms with E-state index in [2.05, 4.69) is 12.2 Å². The molecular weight excluding hydrogens is 358 g/mol. The molecule has 28 heavy (non-hydrogen) atoms. The molecule has 2 fully saturated rings. The van der Waals surface area contributed by atoms with Crippen molar-refractivity contribution in [1.29, 1.82) is 0 Å². The Bertz CT molecular complexity index is 688. The molecule has 1 atom stereocenters. The Morgan fingerprint density at radius 2 is 1.86 bits per heavy atom. The standard InChI is InChI=1S/C21H29N3O4/c1-2-3-11-23-12-13-24(21(27)20(23)26)18(16-7-5-4-6-8-16)19(25)22-17-9-14-28-15-10-17/h4-8,17-18H,2-3,9-15H2,1H3,(H,22,25)/t18-/m0/s1. The van der Waals surface area contributed by atoms with Crippen LogP contribution in [-0.2, 0) is 19.1 Å². The fourth-order valence-electron chi connectivity index (χ4n) is 3.73. The first kappa shape index (κ1) is 20.3. The molecule has 0 aromatic heterocycles. The quantitative estimate of drug-likeness (QED) is 0.719. The van der Waals surface area contributed by atoms with Crippen molar-refractivity contribution in [3.05, 3.63) is 35.9 Å². The van der Waals surface area contributed by atoms with Crippen molar-refractivity contribution in [3.8, 4) is 0 Å². The summed E-state index contributed by atoms with van der Waals surface area (Å²) in [6.45, 7) is 4.68. The van der Waals surface area contributed by atoms with E-state index < -0.39 is 17.9 Å². The Hall–Kier alpha value is -2.41. The monoisotopic (exact) mass is 387 g/mol. The first-order chi connectivity index (χ1) is 13.6. The minimum Gasteiger partial charge on any atom is -0.381 e. The normalized spacial score (nSPS) is 19.6. The average Bonchev–Trinajstić information content (AvgIpc) is 2.72. The van der Waals surface area contributed by atoms with E-state index >= 15 is 0 Å². The number of benzene rings is 1. The molecule has 1 aromatic rings. The van der Waals surface area contributed by atoms with E-state index in [9.17, 15) is 14.4 Å². The number of piperazine rings is 1. The maximum absolute atomic E-state index is 13.1. The first-order valence-electron chi connectivity index (χ1n) is 10.1. The van der Waals surface area contributed by atoms with Gasteiger partial charge in [-0.3, -0.25) is 14.4 Å². The smallest absolute Gasteiger partial charge is 0.313 e. The molecule has 0 bridgehead atoms. The molecule has 2 saturated heterocycles. The summed E-state index contributed by atoms with van der Waals surface area (Å²) >= 11 is 0. The summed E-state index contributed by atoms with van der Waals surface area (Å²) in [5, 5.41) is 3.06. The van der Waals surface area contributed by atoms with Crippen molar-refractivity contribution < 1.29 is 19.1 Å². The molecule has 152 valence electrons. The number of carbonyl (C=O) groups is 3. The Morgan fingerprint density at radius 3 is 2.54 bits per heavy atom. The summed E-state index contributed by atoms with van der Waals surface area (Å²) in [6.07, 6.45) is 3.34. The highest BCUT2D eigenvalue weighted by molar-refractivity contribution is 6.35. The van der Waals surface area contributed by atoms with E-state index in [0.29, 0.717) is 32.8 Å². The molecule has 7 nitrogen and oxygen atoms in total. The van der Waals surface area contributed by atoms with Gasteiger partial charge in [0.2, 0.25) is 5.91 Å². The zero-order chi connectivity index (χ0) is 19.9. The number of unbranched alkanes of at least 4 members (excludes halogenated alkanes) is 1. The Kier molecular flexibility index (Phi) is 7.03. The fourth-order valence-corrected chi connectivity index (χ4v) is 3.73. The lowest BCUT2D eigenvalue weighted by atomic mass is 10.0. The average molecular weight is 387 g/mol. The van der Waals surface area contributed by atoms with E-state index in [1.807, 2.05) is 30.3 Å². The van der Waals surface area contributed by atoms with Crippen LogP contribution in [0.4, 0.5) is 0 Å². The second-order valence-corrected chi connectivity index (χ2v) is 7.35. The molecule has 0 unspecified atom stereocenters. The van der Waals surface area contributed by atoms with Gasteiger partial charge in [-0.05, 0) is 24.8 Å². The molecule has 0 aliphatic carbocycles. The molecule has 0 saturated carbocycles. The molecule has 7 heteroatoms. The van der Waals surface area contributed by atoms with Gasteiger partial charge in [0.15, 0.2) is 0 Å². The summed E-state index contributed by atoms with van der Waals surface area (Å²) in [5.74, 6) is -1.35.